The van der Waals surface area contributed by atoms with Crippen LogP contribution in [0.4, 0.5) is 5.69 Å². The van der Waals surface area contributed by atoms with Gasteiger partial charge >= 0.3 is 0 Å². The highest BCUT2D eigenvalue weighted by molar-refractivity contribution is 9.10. The second-order valence-corrected chi connectivity index (χ2v) is 6.67. The predicted molar refractivity (Wildman–Crippen MR) is 92.9 cm³/mol. The van der Waals surface area contributed by atoms with Crippen LogP contribution in [0, 0.1) is 0 Å². The summed E-state index contributed by atoms with van der Waals surface area (Å²) in [5.74, 6) is 0.261. The largest absolute Gasteiger partial charge is 0.459 e. The van der Waals surface area contributed by atoms with Crippen LogP contribution in [0.2, 0.25) is 0 Å². The number of quaternary nitrogens is 1. The van der Waals surface area contributed by atoms with Crippen molar-refractivity contribution in [2.45, 2.75) is 0 Å². The maximum atomic E-state index is 12.2. The van der Waals surface area contributed by atoms with E-state index in [4.69, 9.17) is 4.42 Å². The number of anilines is 1. The Morgan fingerprint density at radius 2 is 2.00 bits per heavy atom. The van der Waals surface area contributed by atoms with E-state index in [2.05, 4.69) is 21.2 Å². The monoisotopic (exact) mass is 392 g/mol. The van der Waals surface area contributed by atoms with Gasteiger partial charge in [-0.25, -0.2) is 0 Å². The Bertz CT molecular complexity index is 710. The van der Waals surface area contributed by atoms with Gasteiger partial charge in [0.2, 0.25) is 0 Å². The van der Waals surface area contributed by atoms with Gasteiger partial charge in [0.1, 0.15) is 0 Å². The van der Waals surface area contributed by atoms with Gasteiger partial charge in [-0.05, 0) is 30.3 Å². The highest BCUT2D eigenvalue weighted by Gasteiger charge is 2.27. The van der Waals surface area contributed by atoms with E-state index >= 15 is 0 Å². The van der Waals surface area contributed by atoms with Crippen LogP contribution in [0.25, 0.3) is 0 Å². The Balaban J connectivity index is 1.47. The van der Waals surface area contributed by atoms with E-state index < -0.39 is 0 Å². The number of halogens is 1. The molecule has 2 heterocycles. The number of rotatable bonds is 4. The van der Waals surface area contributed by atoms with Gasteiger partial charge in [-0.15, -0.1) is 0 Å². The highest BCUT2D eigenvalue weighted by atomic mass is 79.9. The fourth-order valence-corrected chi connectivity index (χ4v) is 3.16. The number of nitrogens with zero attached hydrogens (tertiary/aromatic N) is 1. The van der Waals surface area contributed by atoms with Crippen molar-refractivity contribution in [3.05, 3.63) is 52.9 Å². The summed E-state index contributed by atoms with van der Waals surface area (Å²) in [6.07, 6.45) is 1.50. The zero-order valence-electron chi connectivity index (χ0n) is 13.1. The molecule has 1 fully saturated rings. The molecule has 2 aromatic rings. The van der Waals surface area contributed by atoms with Gasteiger partial charge in [0.25, 0.3) is 11.8 Å². The van der Waals surface area contributed by atoms with Gasteiger partial charge in [0, 0.05) is 10.2 Å². The molecule has 0 radical (unpaired) electrons. The highest BCUT2D eigenvalue weighted by Crippen LogP contribution is 2.15. The number of amides is 2. The molecular formula is C17H19BrN3O3+. The van der Waals surface area contributed by atoms with Gasteiger partial charge < -0.3 is 19.5 Å². The Labute approximate surface area is 148 Å². The lowest BCUT2D eigenvalue weighted by Crippen LogP contribution is -3.15. The Morgan fingerprint density at radius 3 is 2.67 bits per heavy atom. The molecule has 2 amide bonds. The van der Waals surface area contributed by atoms with Gasteiger partial charge in [0.05, 0.1) is 32.4 Å². The summed E-state index contributed by atoms with van der Waals surface area (Å²) in [6, 6.07) is 10.9. The lowest BCUT2D eigenvalue weighted by atomic mass is 10.2. The average molecular weight is 393 g/mol. The second-order valence-electron chi connectivity index (χ2n) is 5.75. The number of carbonyl (C=O) groups is 2. The lowest BCUT2D eigenvalue weighted by molar-refractivity contribution is -0.895. The van der Waals surface area contributed by atoms with E-state index in [-0.39, 0.29) is 11.8 Å². The van der Waals surface area contributed by atoms with Crippen molar-refractivity contribution >= 4 is 33.4 Å². The van der Waals surface area contributed by atoms with Crippen molar-refractivity contribution in [2.75, 3.05) is 38.0 Å². The molecule has 1 aliphatic heterocycles. The van der Waals surface area contributed by atoms with Crippen LogP contribution in [0.5, 0.6) is 0 Å². The first-order valence-electron chi connectivity index (χ1n) is 7.83. The zero-order valence-corrected chi connectivity index (χ0v) is 14.7. The SMILES string of the molecule is O=C(C[NH+]1CCN(C(=O)c2ccco2)CC1)Nc1cccc(Br)c1. The van der Waals surface area contributed by atoms with E-state index in [1.54, 1.807) is 17.0 Å². The van der Waals surface area contributed by atoms with Gasteiger partial charge in [0.15, 0.2) is 12.3 Å². The maximum absolute atomic E-state index is 12.2. The molecule has 0 saturated carbocycles. The van der Waals surface area contributed by atoms with Crippen LogP contribution in [-0.4, -0.2) is 49.4 Å². The van der Waals surface area contributed by atoms with E-state index in [0.717, 1.165) is 23.2 Å². The topological polar surface area (TPSA) is 67.0 Å². The van der Waals surface area contributed by atoms with Crippen LogP contribution >= 0.6 is 15.9 Å². The molecule has 1 aliphatic rings. The Hall–Kier alpha value is -2.12. The first-order valence-corrected chi connectivity index (χ1v) is 8.63. The van der Waals surface area contributed by atoms with Crippen LogP contribution in [-0.2, 0) is 4.79 Å². The van der Waals surface area contributed by atoms with Crippen LogP contribution in [0.1, 0.15) is 10.6 Å². The van der Waals surface area contributed by atoms with E-state index in [1.807, 2.05) is 24.3 Å². The molecule has 0 bridgehead atoms. The number of benzene rings is 1. The first-order chi connectivity index (χ1) is 11.6. The molecule has 6 nitrogen and oxygen atoms in total. The summed E-state index contributed by atoms with van der Waals surface area (Å²) in [4.78, 5) is 27.3. The fraction of sp³-hybridized carbons (Fsp3) is 0.294. The first kappa shape index (κ1) is 16.7. The summed E-state index contributed by atoms with van der Waals surface area (Å²) in [5, 5.41) is 2.90. The van der Waals surface area contributed by atoms with Crippen molar-refractivity contribution in [3.63, 3.8) is 0 Å². The van der Waals surface area contributed by atoms with Crippen molar-refractivity contribution in [2.24, 2.45) is 0 Å². The van der Waals surface area contributed by atoms with E-state index in [9.17, 15) is 9.59 Å². The maximum Gasteiger partial charge on any atom is 0.289 e. The van der Waals surface area contributed by atoms with Crippen molar-refractivity contribution in [1.29, 1.82) is 0 Å². The average Bonchev–Trinajstić information content (AvgIpc) is 3.09. The molecule has 1 saturated heterocycles. The predicted octanol–water partition coefficient (Wildman–Crippen LogP) is 1.02. The Kier molecular flexibility index (Phi) is 5.32. The van der Waals surface area contributed by atoms with Crippen molar-refractivity contribution in [1.82, 2.24) is 4.90 Å². The summed E-state index contributed by atoms with van der Waals surface area (Å²) in [7, 11) is 0. The molecular weight excluding hydrogens is 374 g/mol. The summed E-state index contributed by atoms with van der Waals surface area (Å²) < 4.78 is 6.08. The minimum atomic E-state index is -0.0855. The third-order valence-electron chi connectivity index (χ3n) is 4.01. The zero-order chi connectivity index (χ0) is 16.9. The standard InChI is InChI=1S/C17H18BrN3O3/c18-13-3-1-4-14(11-13)19-16(22)12-20-6-8-21(9-7-20)17(23)15-5-2-10-24-15/h1-5,10-11H,6-9,12H2,(H,19,22)/p+1. The number of piperazine rings is 1. The van der Waals surface area contributed by atoms with Gasteiger partial charge in [-0.3, -0.25) is 9.59 Å². The minimum Gasteiger partial charge on any atom is -0.459 e. The van der Waals surface area contributed by atoms with Crippen molar-refractivity contribution in [3.8, 4) is 0 Å². The molecule has 0 aliphatic carbocycles. The molecule has 7 heteroatoms. The molecule has 3 rings (SSSR count). The lowest BCUT2D eigenvalue weighted by Gasteiger charge is -2.31. The summed E-state index contributed by atoms with van der Waals surface area (Å²) in [5.41, 5.74) is 0.778. The van der Waals surface area contributed by atoms with Crippen molar-refractivity contribution < 1.29 is 18.9 Å². The van der Waals surface area contributed by atoms with E-state index in [1.165, 1.54) is 11.2 Å². The molecule has 24 heavy (non-hydrogen) atoms. The summed E-state index contributed by atoms with van der Waals surface area (Å²) in [6.45, 7) is 3.14. The molecule has 2 N–H and O–H groups in total. The molecule has 0 unspecified atom stereocenters. The molecule has 1 aromatic carbocycles. The molecule has 126 valence electrons. The van der Waals surface area contributed by atoms with Crippen LogP contribution in [0.3, 0.4) is 0 Å². The number of furan rings is 1. The fourth-order valence-electron chi connectivity index (χ4n) is 2.76. The third-order valence-corrected chi connectivity index (χ3v) is 4.50. The second kappa shape index (κ2) is 7.63. The number of hydrogen-bond donors (Lipinski definition) is 2. The molecule has 0 atom stereocenters. The normalized spacial score (nSPS) is 15.3. The van der Waals surface area contributed by atoms with Crippen LogP contribution < -0.4 is 10.2 Å². The minimum absolute atomic E-state index is 0.0195. The Morgan fingerprint density at radius 1 is 1.21 bits per heavy atom. The molecule has 1 aromatic heterocycles. The number of carbonyl (C=O) groups excluding carboxylic acids is 2. The van der Waals surface area contributed by atoms with Crippen LogP contribution in [0.15, 0.2) is 51.6 Å². The van der Waals surface area contributed by atoms with E-state index in [0.29, 0.717) is 25.4 Å². The quantitative estimate of drug-likeness (QED) is 0.816. The van der Waals surface area contributed by atoms with Gasteiger partial charge in [-0.1, -0.05) is 22.0 Å². The number of hydrogen-bond acceptors (Lipinski definition) is 3. The molecule has 0 spiro atoms. The van der Waals surface area contributed by atoms with Gasteiger partial charge in [-0.2, -0.15) is 0 Å². The number of nitrogens with one attached hydrogen (secondary N) is 2. The smallest absolute Gasteiger partial charge is 0.289 e. The summed E-state index contributed by atoms with van der Waals surface area (Å²) >= 11 is 3.39. The third kappa shape index (κ3) is 4.24.